The molecule has 0 aliphatic rings. The summed E-state index contributed by atoms with van der Waals surface area (Å²) in [4.78, 5) is 16.2. The van der Waals surface area contributed by atoms with Gasteiger partial charge in [0, 0.05) is 23.9 Å². The van der Waals surface area contributed by atoms with Crippen molar-refractivity contribution in [2.24, 2.45) is 0 Å². The third kappa shape index (κ3) is 3.06. The van der Waals surface area contributed by atoms with Crippen LogP contribution in [0, 0.1) is 0 Å². The normalized spacial score (nSPS) is 11.1. The number of rotatable bonds is 6. The summed E-state index contributed by atoms with van der Waals surface area (Å²) in [5.41, 5.74) is 2.03. The van der Waals surface area contributed by atoms with Gasteiger partial charge >= 0.3 is 5.69 Å². The molecule has 0 atom stereocenters. The molecule has 22 heavy (non-hydrogen) atoms. The van der Waals surface area contributed by atoms with Gasteiger partial charge in [-0.3, -0.25) is 9.55 Å². The fraction of sp³-hybridized carbons (Fsp3) is 0.312. The zero-order valence-corrected chi connectivity index (χ0v) is 13.3. The highest BCUT2D eigenvalue weighted by Gasteiger charge is 2.10. The number of para-hydroxylation sites is 1. The Morgan fingerprint density at radius 3 is 3.00 bits per heavy atom. The third-order valence-corrected chi connectivity index (χ3v) is 4.56. The maximum atomic E-state index is 11.8. The molecule has 0 saturated carbocycles. The first-order chi connectivity index (χ1) is 10.8. The van der Waals surface area contributed by atoms with Gasteiger partial charge in [-0.1, -0.05) is 49.4 Å². The van der Waals surface area contributed by atoms with Crippen LogP contribution in [0.4, 0.5) is 0 Å². The molecule has 0 aliphatic carbocycles. The van der Waals surface area contributed by atoms with Crippen LogP contribution < -0.4 is 5.69 Å². The number of benzene rings is 1. The Morgan fingerprint density at radius 1 is 1.27 bits per heavy atom. The Morgan fingerprint density at radius 2 is 2.14 bits per heavy atom. The van der Waals surface area contributed by atoms with Crippen molar-refractivity contribution in [3.8, 4) is 0 Å². The molecular weight excluding hydrogens is 296 g/mol. The lowest BCUT2D eigenvalue weighted by Crippen LogP contribution is -2.17. The van der Waals surface area contributed by atoms with Crippen LogP contribution in [0.25, 0.3) is 10.9 Å². The number of hydrogen-bond donors (Lipinski definition) is 1. The van der Waals surface area contributed by atoms with Crippen LogP contribution in [0.5, 0.6) is 0 Å². The number of aromatic nitrogens is 4. The lowest BCUT2D eigenvalue weighted by molar-refractivity contribution is 0.573. The van der Waals surface area contributed by atoms with Gasteiger partial charge in [0.05, 0.1) is 5.52 Å². The molecule has 0 aliphatic heterocycles. The van der Waals surface area contributed by atoms with Crippen LogP contribution in [-0.4, -0.2) is 19.7 Å². The molecule has 0 bridgehead atoms. The van der Waals surface area contributed by atoms with Crippen molar-refractivity contribution < 1.29 is 0 Å². The van der Waals surface area contributed by atoms with Gasteiger partial charge in [-0.05, 0) is 18.1 Å². The number of thioether (sulfide) groups is 1. The average Bonchev–Trinajstić information content (AvgIpc) is 2.91. The van der Waals surface area contributed by atoms with Crippen molar-refractivity contribution in [2.75, 3.05) is 0 Å². The lowest BCUT2D eigenvalue weighted by atomic mass is 10.1. The molecule has 114 valence electrons. The van der Waals surface area contributed by atoms with E-state index in [4.69, 9.17) is 0 Å². The van der Waals surface area contributed by atoms with Gasteiger partial charge in [0.1, 0.15) is 0 Å². The Hall–Kier alpha value is -2.08. The topological polar surface area (TPSA) is 63.6 Å². The van der Waals surface area contributed by atoms with Gasteiger partial charge < -0.3 is 0 Å². The van der Waals surface area contributed by atoms with E-state index in [1.807, 2.05) is 18.3 Å². The fourth-order valence-electron chi connectivity index (χ4n) is 2.35. The number of H-pyrrole nitrogens is 1. The molecule has 3 aromatic rings. The van der Waals surface area contributed by atoms with Gasteiger partial charge in [0.2, 0.25) is 0 Å². The predicted octanol–water partition coefficient (Wildman–Crippen LogP) is 3.21. The Balaban J connectivity index is 1.81. The molecule has 2 aromatic heterocycles. The number of unbranched alkanes of at least 4 members (excludes halogenated alkanes) is 1. The number of aromatic amines is 1. The standard InChI is InChI=1S/C16H18N4OS/c1-2-3-10-20-15(21)18-19-16(20)22-11-13-7-4-6-12-8-5-9-17-14(12)13/h4-9H,2-3,10-11H2,1H3,(H,18,21). The second-order valence-corrected chi connectivity index (χ2v) is 6.04. The first-order valence-corrected chi connectivity index (χ1v) is 8.39. The second-order valence-electron chi connectivity index (χ2n) is 5.10. The van der Waals surface area contributed by atoms with Crippen molar-refractivity contribution in [1.82, 2.24) is 19.7 Å². The van der Waals surface area contributed by atoms with E-state index in [0.717, 1.165) is 40.2 Å². The van der Waals surface area contributed by atoms with Crippen molar-refractivity contribution in [2.45, 2.75) is 37.2 Å². The van der Waals surface area contributed by atoms with E-state index in [1.54, 1.807) is 16.3 Å². The molecule has 0 saturated heterocycles. The van der Waals surface area contributed by atoms with Crippen LogP contribution in [-0.2, 0) is 12.3 Å². The fourth-order valence-corrected chi connectivity index (χ4v) is 3.31. The van der Waals surface area contributed by atoms with E-state index in [-0.39, 0.29) is 5.69 Å². The van der Waals surface area contributed by atoms with Crippen LogP contribution in [0.1, 0.15) is 25.3 Å². The first-order valence-electron chi connectivity index (χ1n) is 7.40. The quantitative estimate of drug-likeness (QED) is 0.710. The molecule has 0 amide bonds. The molecule has 0 radical (unpaired) electrons. The Labute approximate surface area is 132 Å². The number of hydrogen-bond acceptors (Lipinski definition) is 4. The summed E-state index contributed by atoms with van der Waals surface area (Å²) in [7, 11) is 0. The second kappa shape index (κ2) is 6.79. The van der Waals surface area contributed by atoms with Crippen molar-refractivity contribution in [3.05, 3.63) is 52.6 Å². The van der Waals surface area contributed by atoms with E-state index in [1.165, 1.54) is 0 Å². The maximum Gasteiger partial charge on any atom is 0.343 e. The van der Waals surface area contributed by atoms with E-state index in [0.29, 0.717) is 6.54 Å². The molecule has 6 heteroatoms. The van der Waals surface area contributed by atoms with Crippen LogP contribution in [0.3, 0.4) is 0 Å². The molecule has 0 unspecified atom stereocenters. The van der Waals surface area contributed by atoms with Crippen molar-refractivity contribution >= 4 is 22.7 Å². The highest BCUT2D eigenvalue weighted by molar-refractivity contribution is 7.98. The van der Waals surface area contributed by atoms with Gasteiger partial charge in [-0.25, -0.2) is 9.89 Å². The summed E-state index contributed by atoms with van der Waals surface area (Å²) in [6.45, 7) is 2.82. The highest BCUT2D eigenvalue weighted by atomic mass is 32.2. The molecule has 0 spiro atoms. The van der Waals surface area contributed by atoms with E-state index < -0.39 is 0 Å². The minimum atomic E-state index is -0.132. The number of nitrogens with one attached hydrogen (secondary N) is 1. The number of pyridine rings is 1. The van der Waals surface area contributed by atoms with Crippen molar-refractivity contribution in [3.63, 3.8) is 0 Å². The third-order valence-electron chi connectivity index (χ3n) is 3.53. The minimum Gasteiger partial charge on any atom is -0.270 e. The molecular formula is C16H18N4OS. The predicted molar refractivity (Wildman–Crippen MR) is 89.1 cm³/mol. The molecule has 3 rings (SSSR count). The van der Waals surface area contributed by atoms with Crippen LogP contribution in [0.15, 0.2) is 46.5 Å². The highest BCUT2D eigenvalue weighted by Crippen LogP contribution is 2.24. The SMILES string of the molecule is CCCCn1c(SCc2cccc3cccnc23)n[nH]c1=O. The molecule has 2 heterocycles. The first kappa shape index (κ1) is 14.8. The molecule has 0 fully saturated rings. The summed E-state index contributed by atoms with van der Waals surface area (Å²) in [5, 5.41) is 8.54. The largest absolute Gasteiger partial charge is 0.343 e. The number of nitrogens with zero attached hydrogens (tertiary/aromatic N) is 3. The van der Waals surface area contributed by atoms with Crippen LogP contribution in [0.2, 0.25) is 0 Å². The average molecular weight is 314 g/mol. The summed E-state index contributed by atoms with van der Waals surface area (Å²) in [5.74, 6) is 0.741. The summed E-state index contributed by atoms with van der Waals surface area (Å²) in [6, 6.07) is 10.2. The minimum absolute atomic E-state index is 0.132. The van der Waals surface area contributed by atoms with Gasteiger partial charge in [-0.15, -0.1) is 5.10 Å². The van der Waals surface area contributed by atoms with Crippen molar-refractivity contribution in [1.29, 1.82) is 0 Å². The summed E-state index contributed by atoms with van der Waals surface area (Å²) < 4.78 is 1.72. The monoisotopic (exact) mass is 314 g/mol. The van der Waals surface area contributed by atoms with Gasteiger partial charge in [-0.2, -0.15) is 0 Å². The zero-order valence-electron chi connectivity index (χ0n) is 12.5. The van der Waals surface area contributed by atoms with E-state index in [2.05, 4.69) is 40.3 Å². The Bertz CT molecular complexity index is 819. The molecule has 1 aromatic carbocycles. The van der Waals surface area contributed by atoms with Crippen LogP contribution >= 0.6 is 11.8 Å². The lowest BCUT2D eigenvalue weighted by Gasteiger charge is -2.06. The number of fused-ring (bicyclic) bond motifs is 1. The summed E-state index contributed by atoms with van der Waals surface area (Å²) in [6.07, 6.45) is 3.83. The van der Waals surface area contributed by atoms with E-state index >= 15 is 0 Å². The van der Waals surface area contributed by atoms with Gasteiger partial charge in [0.25, 0.3) is 0 Å². The smallest absolute Gasteiger partial charge is 0.270 e. The maximum absolute atomic E-state index is 11.8. The molecule has 1 N–H and O–H groups in total. The zero-order chi connectivity index (χ0) is 15.4. The van der Waals surface area contributed by atoms with E-state index in [9.17, 15) is 4.79 Å². The van der Waals surface area contributed by atoms with Gasteiger partial charge in [0.15, 0.2) is 5.16 Å². The molecule has 5 nitrogen and oxygen atoms in total. The summed E-state index contributed by atoms with van der Waals surface area (Å²) >= 11 is 1.57. The Kier molecular flexibility index (Phi) is 4.58.